The molecule has 1 amide bonds. The van der Waals surface area contributed by atoms with E-state index in [9.17, 15) is 4.79 Å². The molecule has 1 atom stereocenters. The van der Waals surface area contributed by atoms with Crippen LogP contribution in [-0.4, -0.2) is 34.2 Å². The molecule has 1 heterocycles. The van der Waals surface area contributed by atoms with Gasteiger partial charge in [-0.25, -0.2) is 9.78 Å². The van der Waals surface area contributed by atoms with Crippen molar-refractivity contribution < 1.29 is 9.53 Å². The first-order chi connectivity index (χ1) is 10.1. The van der Waals surface area contributed by atoms with Crippen molar-refractivity contribution in [2.75, 3.05) is 11.9 Å². The smallest absolute Gasteiger partial charge is 0.407 e. The molecule has 1 aromatic rings. The quantitative estimate of drug-likeness (QED) is 0.874. The predicted molar refractivity (Wildman–Crippen MR) is 88.0 cm³/mol. The van der Waals surface area contributed by atoms with Gasteiger partial charge in [0.1, 0.15) is 11.4 Å². The topological polar surface area (TPSA) is 76.1 Å². The zero-order valence-corrected chi connectivity index (χ0v) is 14.7. The Morgan fingerprint density at radius 2 is 1.95 bits per heavy atom. The maximum absolute atomic E-state index is 11.9. The summed E-state index contributed by atoms with van der Waals surface area (Å²) < 4.78 is 5.31. The third-order valence-electron chi connectivity index (χ3n) is 3.07. The summed E-state index contributed by atoms with van der Waals surface area (Å²) in [6.45, 7) is 14.0. The van der Waals surface area contributed by atoms with Crippen molar-refractivity contribution in [2.24, 2.45) is 5.92 Å². The van der Waals surface area contributed by atoms with Gasteiger partial charge in [0.15, 0.2) is 0 Å². The molecule has 0 radical (unpaired) electrons. The number of alkyl carbamates (subject to hydrolysis) is 1. The zero-order chi connectivity index (χ0) is 16.9. The van der Waals surface area contributed by atoms with Crippen LogP contribution in [0.4, 0.5) is 10.6 Å². The maximum Gasteiger partial charge on any atom is 0.407 e. The lowest BCUT2D eigenvalue weighted by Gasteiger charge is -2.26. The number of ether oxygens (including phenoxy) is 1. The van der Waals surface area contributed by atoms with E-state index >= 15 is 0 Å². The van der Waals surface area contributed by atoms with Crippen molar-refractivity contribution in [3.05, 3.63) is 17.6 Å². The van der Waals surface area contributed by atoms with Crippen LogP contribution in [0, 0.1) is 19.8 Å². The van der Waals surface area contributed by atoms with Crippen LogP contribution in [0.15, 0.2) is 6.20 Å². The molecule has 1 rings (SSSR count). The van der Waals surface area contributed by atoms with E-state index in [2.05, 4.69) is 34.4 Å². The summed E-state index contributed by atoms with van der Waals surface area (Å²) in [7, 11) is 0. The van der Waals surface area contributed by atoms with E-state index < -0.39 is 11.7 Å². The summed E-state index contributed by atoms with van der Waals surface area (Å²) in [4.78, 5) is 20.6. The average Bonchev–Trinajstić information content (AvgIpc) is 2.35. The summed E-state index contributed by atoms with van der Waals surface area (Å²) >= 11 is 0. The Balaban J connectivity index is 2.65. The van der Waals surface area contributed by atoms with E-state index in [1.54, 1.807) is 6.20 Å². The summed E-state index contributed by atoms with van der Waals surface area (Å²) in [5.41, 5.74) is 1.19. The van der Waals surface area contributed by atoms with Gasteiger partial charge in [-0.05, 0) is 40.5 Å². The molecule has 1 aromatic heterocycles. The molecule has 0 aliphatic rings. The SMILES string of the molecule is Cc1cnc(C)c(NCC(NC(=O)OC(C)(C)C)C(C)C)n1. The van der Waals surface area contributed by atoms with E-state index in [0.29, 0.717) is 6.54 Å². The second-order valence-corrected chi connectivity index (χ2v) is 6.82. The number of amides is 1. The van der Waals surface area contributed by atoms with Gasteiger partial charge in [0, 0.05) is 12.7 Å². The van der Waals surface area contributed by atoms with Crippen LogP contribution >= 0.6 is 0 Å². The second kappa shape index (κ2) is 7.42. The van der Waals surface area contributed by atoms with Gasteiger partial charge >= 0.3 is 6.09 Å². The Kier molecular flexibility index (Phi) is 6.14. The maximum atomic E-state index is 11.9. The van der Waals surface area contributed by atoms with Gasteiger partial charge in [0.05, 0.1) is 17.4 Å². The zero-order valence-electron chi connectivity index (χ0n) is 14.7. The summed E-state index contributed by atoms with van der Waals surface area (Å²) in [6.07, 6.45) is 1.33. The van der Waals surface area contributed by atoms with E-state index in [1.165, 1.54) is 0 Å². The predicted octanol–water partition coefficient (Wildman–Crippen LogP) is 3.05. The fraction of sp³-hybridized carbons (Fsp3) is 0.688. The number of anilines is 1. The number of aromatic nitrogens is 2. The van der Waals surface area contributed by atoms with Gasteiger partial charge in [-0.2, -0.15) is 0 Å². The molecule has 0 aromatic carbocycles. The minimum absolute atomic E-state index is 0.0587. The van der Waals surface area contributed by atoms with Crippen LogP contribution in [0.2, 0.25) is 0 Å². The van der Waals surface area contributed by atoms with Crippen molar-refractivity contribution >= 4 is 11.9 Å². The van der Waals surface area contributed by atoms with Crippen LogP contribution in [-0.2, 0) is 4.74 Å². The highest BCUT2D eigenvalue weighted by Crippen LogP contribution is 2.12. The lowest BCUT2D eigenvalue weighted by molar-refractivity contribution is 0.0494. The Morgan fingerprint density at radius 3 is 2.50 bits per heavy atom. The molecule has 0 saturated carbocycles. The molecule has 2 N–H and O–H groups in total. The van der Waals surface area contributed by atoms with Crippen molar-refractivity contribution in [1.82, 2.24) is 15.3 Å². The van der Waals surface area contributed by atoms with Crippen molar-refractivity contribution in [1.29, 1.82) is 0 Å². The summed E-state index contributed by atoms with van der Waals surface area (Å²) in [6, 6.07) is -0.0587. The molecule has 0 fully saturated rings. The Bertz CT molecular complexity index is 509. The molecule has 0 bridgehead atoms. The van der Waals surface area contributed by atoms with E-state index in [-0.39, 0.29) is 12.0 Å². The fourth-order valence-electron chi connectivity index (χ4n) is 1.82. The van der Waals surface area contributed by atoms with Gasteiger partial charge in [-0.3, -0.25) is 4.98 Å². The highest BCUT2D eigenvalue weighted by atomic mass is 16.6. The molecule has 0 aliphatic carbocycles. The number of nitrogens with zero attached hydrogens (tertiary/aromatic N) is 2. The molecular weight excluding hydrogens is 280 g/mol. The van der Waals surface area contributed by atoms with Crippen LogP contribution in [0.25, 0.3) is 0 Å². The fourth-order valence-corrected chi connectivity index (χ4v) is 1.82. The lowest BCUT2D eigenvalue weighted by atomic mass is 10.0. The van der Waals surface area contributed by atoms with Gasteiger partial charge in [0.25, 0.3) is 0 Å². The molecule has 22 heavy (non-hydrogen) atoms. The Morgan fingerprint density at radius 1 is 1.32 bits per heavy atom. The van der Waals surface area contributed by atoms with Crippen molar-refractivity contribution in [3.8, 4) is 0 Å². The Labute approximate surface area is 133 Å². The molecule has 6 heteroatoms. The third kappa shape index (κ3) is 6.28. The molecule has 124 valence electrons. The number of hydrogen-bond donors (Lipinski definition) is 2. The van der Waals surface area contributed by atoms with Gasteiger partial charge in [-0.1, -0.05) is 13.8 Å². The van der Waals surface area contributed by atoms with Crippen LogP contribution in [0.5, 0.6) is 0 Å². The van der Waals surface area contributed by atoms with Crippen LogP contribution in [0.3, 0.4) is 0 Å². The first-order valence-electron chi connectivity index (χ1n) is 7.62. The largest absolute Gasteiger partial charge is 0.444 e. The van der Waals surface area contributed by atoms with Crippen molar-refractivity contribution in [3.63, 3.8) is 0 Å². The Hall–Kier alpha value is -1.85. The second-order valence-electron chi connectivity index (χ2n) is 6.82. The average molecular weight is 308 g/mol. The highest BCUT2D eigenvalue weighted by Gasteiger charge is 2.21. The molecule has 0 aliphatic heterocycles. The number of hydrogen-bond acceptors (Lipinski definition) is 5. The number of carbonyl (C=O) groups is 1. The lowest BCUT2D eigenvalue weighted by Crippen LogP contribution is -2.45. The number of carbonyl (C=O) groups excluding carboxylic acids is 1. The van der Waals surface area contributed by atoms with E-state index in [0.717, 1.165) is 17.2 Å². The van der Waals surface area contributed by atoms with Crippen LogP contribution in [0.1, 0.15) is 46.0 Å². The minimum atomic E-state index is -0.502. The van der Waals surface area contributed by atoms with Crippen LogP contribution < -0.4 is 10.6 Å². The first-order valence-corrected chi connectivity index (χ1v) is 7.62. The van der Waals surface area contributed by atoms with E-state index in [1.807, 2.05) is 34.6 Å². The summed E-state index contributed by atoms with van der Waals surface area (Å²) in [5, 5.41) is 6.16. The number of aryl methyl sites for hydroxylation is 2. The van der Waals surface area contributed by atoms with Crippen molar-refractivity contribution in [2.45, 2.75) is 60.1 Å². The van der Waals surface area contributed by atoms with E-state index in [4.69, 9.17) is 4.74 Å². The monoisotopic (exact) mass is 308 g/mol. The normalized spacial score (nSPS) is 12.9. The van der Waals surface area contributed by atoms with Gasteiger partial charge in [0.2, 0.25) is 0 Å². The standard InChI is InChI=1S/C16H28N4O2/c1-10(2)13(20-15(21)22-16(5,6)7)9-18-14-12(4)17-8-11(3)19-14/h8,10,13H,9H2,1-7H3,(H,18,19)(H,20,21). The third-order valence-corrected chi connectivity index (χ3v) is 3.07. The molecule has 1 unspecified atom stereocenters. The molecular formula is C16H28N4O2. The van der Waals surface area contributed by atoms with Gasteiger partial charge < -0.3 is 15.4 Å². The molecule has 0 spiro atoms. The van der Waals surface area contributed by atoms with Gasteiger partial charge in [-0.15, -0.1) is 0 Å². The minimum Gasteiger partial charge on any atom is -0.444 e. The molecule has 6 nitrogen and oxygen atoms in total. The highest BCUT2D eigenvalue weighted by molar-refractivity contribution is 5.68. The first kappa shape index (κ1) is 18.2. The molecule has 0 saturated heterocycles. The number of rotatable bonds is 5. The summed E-state index contributed by atoms with van der Waals surface area (Å²) in [5.74, 6) is 1.01. The number of nitrogens with one attached hydrogen (secondary N) is 2.